The predicted molar refractivity (Wildman–Crippen MR) is 148 cm³/mol. The Morgan fingerprint density at radius 1 is 0.889 bits per heavy atom. The van der Waals surface area contributed by atoms with Crippen molar-refractivity contribution in [3.63, 3.8) is 0 Å². The molecule has 2 heterocycles. The van der Waals surface area contributed by atoms with Crippen molar-refractivity contribution in [1.82, 2.24) is 0 Å². The van der Waals surface area contributed by atoms with Gasteiger partial charge in [0.25, 0.3) is 0 Å². The lowest BCUT2D eigenvalue weighted by Crippen LogP contribution is -2.06. The number of nitrogens with zero attached hydrogens (tertiary/aromatic N) is 1. The molecule has 0 radical (unpaired) electrons. The van der Waals surface area contributed by atoms with Crippen molar-refractivity contribution in [2.75, 3.05) is 20.3 Å². The molecule has 4 aromatic rings. The second kappa shape index (κ2) is 11.3. The molecule has 0 aromatic heterocycles. The Labute approximate surface area is 213 Å². The number of methoxy groups -OCH3 is 1. The van der Waals surface area contributed by atoms with Gasteiger partial charge in [-0.25, -0.2) is 0 Å². The number of hydrogen-bond donors (Lipinski definition) is 1. The van der Waals surface area contributed by atoms with Gasteiger partial charge in [0.05, 0.1) is 7.11 Å². The molecule has 4 nitrogen and oxygen atoms in total. The first kappa shape index (κ1) is 23.9. The molecule has 4 heteroatoms. The fraction of sp³-hybridized carbons (Fsp3) is 0.281. The lowest BCUT2D eigenvalue weighted by atomic mass is 9.80. The Kier molecular flexibility index (Phi) is 7.51. The third kappa shape index (κ3) is 5.38. The third-order valence-electron chi connectivity index (χ3n) is 7.04. The molecule has 2 bridgehead atoms. The predicted octanol–water partition coefficient (Wildman–Crippen LogP) is 7.77. The van der Waals surface area contributed by atoms with Crippen molar-refractivity contribution in [3.8, 4) is 28.4 Å². The first-order valence-electron chi connectivity index (χ1n) is 12.8. The fourth-order valence-corrected chi connectivity index (χ4v) is 5.22. The molecule has 0 saturated carbocycles. The molecule has 184 valence electrons. The van der Waals surface area contributed by atoms with Gasteiger partial charge in [-0.2, -0.15) is 0 Å². The van der Waals surface area contributed by atoms with Gasteiger partial charge < -0.3 is 14.6 Å². The van der Waals surface area contributed by atoms with E-state index >= 15 is 0 Å². The molecule has 1 unspecified atom stereocenters. The SMILES string of the molecule is COc1cccc(-c2ccc3cc(O)ccc3c2C2CCCCCCN=CCOc3ccc2cc3)c1. The lowest BCUT2D eigenvalue weighted by molar-refractivity contribution is 0.380. The Hall–Kier alpha value is -3.79. The number of benzene rings is 4. The standard InChI is InChI=1S/C32H33NO3/c1-35-28-8-6-7-24(22-28)30-16-12-25-21-26(34)13-17-31(25)32(30)29-9-4-2-3-5-18-33-19-20-36-27-14-10-23(29)11-15-27/h6-8,10-17,19,21-22,29,34H,2-5,9,18,20H2,1H3. The highest BCUT2D eigenvalue weighted by molar-refractivity contribution is 5.94. The third-order valence-corrected chi connectivity index (χ3v) is 7.04. The second-order valence-corrected chi connectivity index (χ2v) is 9.39. The molecule has 6 rings (SSSR count). The summed E-state index contributed by atoms with van der Waals surface area (Å²) < 4.78 is 11.4. The first-order chi connectivity index (χ1) is 17.7. The van der Waals surface area contributed by atoms with Crippen molar-refractivity contribution in [3.05, 3.63) is 90.0 Å². The molecule has 36 heavy (non-hydrogen) atoms. The van der Waals surface area contributed by atoms with E-state index in [9.17, 15) is 5.11 Å². The number of aromatic hydroxyl groups is 1. The van der Waals surface area contributed by atoms with E-state index in [2.05, 4.69) is 59.6 Å². The Morgan fingerprint density at radius 2 is 1.75 bits per heavy atom. The molecule has 0 fully saturated rings. The number of rotatable bonds is 3. The number of aliphatic imine (C=N–C) groups is 1. The zero-order valence-electron chi connectivity index (χ0n) is 20.8. The summed E-state index contributed by atoms with van der Waals surface area (Å²) in [4.78, 5) is 4.48. The van der Waals surface area contributed by atoms with Gasteiger partial charge in [-0.15, -0.1) is 0 Å². The van der Waals surface area contributed by atoms with Crippen LogP contribution >= 0.6 is 0 Å². The molecular formula is C32H33NO3. The summed E-state index contributed by atoms with van der Waals surface area (Å²) in [6.45, 7) is 1.35. The van der Waals surface area contributed by atoms with E-state index in [-0.39, 0.29) is 11.7 Å². The summed E-state index contributed by atoms with van der Waals surface area (Å²) in [6, 6.07) is 26.8. The maximum atomic E-state index is 10.2. The number of phenols is 1. The molecular weight excluding hydrogens is 446 g/mol. The van der Waals surface area contributed by atoms with E-state index in [4.69, 9.17) is 9.47 Å². The monoisotopic (exact) mass is 479 g/mol. The average Bonchev–Trinajstić information content (AvgIpc) is 2.93. The summed E-state index contributed by atoms with van der Waals surface area (Å²) in [5.74, 6) is 2.19. The van der Waals surface area contributed by atoms with Gasteiger partial charge in [0.15, 0.2) is 0 Å². The average molecular weight is 480 g/mol. The molecule has 1 N–H and O–H groups in total. The van der Waals surface area contributed by atoms with Gasteiger partial charge in [-0.3, -0.25) is 4.99 Å². The van der Waals surface area contributed by atoms with Crippen LogP contribution in [0.3, 0.4) is 0 Å². The lowest BCUT2D eigenvalue weighted by Gasteiger charge is -2.24. The fourth-order valence-electron chi connectivity index (χ4n) is 5.22. The zero-order chi connectivity index (χ0) is 24.7. The normalized spacial score (nSPS) is 16.8. The Morgan fingerprint density at radius 3 is 2.61 bits per heavy atom. The van der Waals surface area contributed by atoms with Crippen LogP contribution in [-0.2, 0) is 0 Å². The minimum atomic E-state index is 0.204. The van der Waals surface area contributed by atoms with Crippen molar-refractivity contribution in [2.24, 2.45) is 4.99 Å². The highest BCUT2D eigenvalue weighted by Crippen LogP contribution is 2.42. The maximum Gasteiger partial charge on any atom is 0.123 e. The maximum absolute atomic E-state index is 10.2. The molecule has 0 aliphatic carbocycles. The smallest absolute Gasteiger partial charge is 0.123 e. The number of hydrogen-bond acceptors (Lipinski definition) is 4. The Balaban J connectivity index is 1.67. The van der Waals surface area contributed by atoms with Crippen LogP contribution in [0, 0.1) is 0 Å². The molecule has 1 atom stereocenters. The quantitative estimate of drug-likeness (QED) is 0.327. The van der Waals surface area contributed by atoms with Crippen LogP contribution in [0.2, 0.25) is 0 Å². The summed E-state index contributed by atoms with van der Waals surface area (Å²) in [5, 5.41) is 12.4. The van der Waals surface area contributed by atoms with Crippen molar-refractivity contribution in [2.45, 2.75) is 38.0 Å². The van der Waals surface area contributed by atoms with Gasteiger partial charge in [0.1, 0.15) is 23.9 Å². The number of ether oxygens (including phenoxy) is 2. The van der Waals surface area contributed by atoms with Crippen LogP contribution < -0.4 is 9.47 Å². The first-order valence-corrected chi connectivity index (χ1v) is 12.8. The summed E-state index contributed by atoms with van der Waals surface area (Å²) in [5.41, 5.74) is 4.90. The van der Waals surface area contributed by atoms with Gasteiger partial charge in [0.2, 0.25) is 0 Å². The molecule has 0 saturated heterocycles. The number of phenolic OH excluding ortho intramolecular Hbond substituents is 1. The van der Waals surface area contributed by atoms with Crippen LogP contribution in [0.1, 0.15) is 49.1 Å². The van der Waals surface area contributed by atoms with E-state index in [1.54, 1.807) is 13.2 Å². The summed E-state index contributed by atoms with van der Waals surface area (Å²) >= 11 is 0. The molecule has 0 spiro atoms. The molecule has 0 amide bonds. The van der Waals surface area contributed by atoms with Gasteiger partial charge >= 0.3 is 0 Å². The summed E-state index contributed by atoms with van der Waals surface area (Å²) in [6.07, 6.45) is 7.52. The van der Waals surface area contributed by atoms with Crippen LogP contribution in [0.15, 0.2) is 83.9 Å². The second-order valence-electron chi connectivity index (χ2n) is 9.39. The van der Waals surface area contributed by atoms with E-state index < -0.39 is 0 Å². The highest BCUT2D eigenvalue weighted by Gasteiger charge is 2.22. The Bertz CT molecular complexity index is 1340. The molecule has 2 aliphatic heterocycles. The van der Waals surface area contributed by atoms with E-state index in [1.807, 2.05) is 24.4 Å². The van der Waals surface area contributed by atoms with Gasteiger partial charge in [0, 0.05) is 18.7 Å². The molecule has 2 aliphatic rings. The largest absolute Gasteiger partial charge is 0.508 e. The van der Waals surface area contributed by atoms with Crippen molar-refractivity contribution < 1.29 is 14.6 Å². The van der Waals surface area contributed by atoms with Crippen LogP contribution in [0.25, 0.3) is 21.9 Å². The minimum Gasteiger partial charge on any atom is -0.508 e. The highest BCUT2D eigenvalue weighted by atomic mass is 16.5. The van der Waals surface area contributed by atoms with Gasteiger partial charge in [-0.05, 0) is 82.3 Å². The van der Waals surface area contributed by atoms with Crippen LogP contribution in [0.4, 0.5) is 0 Å². The zero-order valence-corrected chi connectivity index (χ0v) is 20.8. The van der Waals surface area contributed by atoms with Crippen molar-refractivity contribution in [1.29, 1.82) is 0 Å². The van der Waals surface area contributed by atoms with Gasteiger partial charge in [-0.1, -0.05) is 61.7 Å². The van der Waals surface area contributed by atoms with Crippen LogP contribution in [0.5, 0.6) is 17.2 Å². The van der Waals surface area contributed by atoms with Crippen molar-refractivity contribution >= 4 is 17.0 Å². The van der Waals surface area contributed by atoms with E-state index in [0.29, 0.717) is 6.61 Å². The molecule has 4 aromatic carbocycles. The van der Waals surface area contributed by atoms with E-state index in [0.717, 1.165) is 48.3 Å². The summed E-state index contributed by atoms with van der Waals surface area (Å²) in [7, 11) is 1.71. The topological polar surface area (TPSA) is 51.0 Å². The minimum absolute atomic E-state index is 0.204. The number of fused-ring (bicyclic) bond motifs is 12. The van der Waals surface area contributed by atoms with Crippen LogP contribution in [-0.4, -0.2) is 31.6 Å². The van der Waals surface area contributed by atoms with E-state index in [1.165, 1.54) is 34.9 Å².